The van der Waals surface area contributed by atoms with Crippen LogP contribution < -0.4 is 5.73 Å². The number of benzene rings is 2. The highest BCUT2D eigenvalue weighted by atomic mass is 35.5. The molecule has 132 valence electrons. The molecule has 0 atom stereocenters. The fourth-order valence-electron chi connectivity index (χ4n) is 4.16. The first-order valence-corrected chi connectivity index (χ1v) is 8.92. The Morgan fingerprint density at radius 2 is 1.32 bits per heavy atom. The highest BCUT2D eigenvalue weighted by Crippen LogP contribution is 2.35. The molecule has 0 radical (unpaired) electrons. The molecule has 4 rings (SSSR count). The third-order valence-corrected chi connectivity index (χ3v) is 5.51. The van der Waals surface area contributed by atoms with Gasteiger partial charge in [-0.05, 0) is 35.1 Å². The molecule has 1 aliphatic carbocycles. The predicted octanol–water partition coefficient (Wildman–Crippen LogP) is 4.28. The van der Waals surface area contributed by atoms with Crippen LogP contribution >= 0.6 is 12.4 Å². The van der Waals surface area contributed by atoms with Crippen molar-refractivity contribution in [3.63, 3.8) is 0 Å². The molecule has 2 aromatic rings. The first kappa shape index (κ1) is 18.0. The van der Waals surface area contributed by atoms with Gasteiger partial charge in [0.15, 0.2) is 0 Å². The van der Waals surface area contributed by atoms with E-state index < -0.39 is 5.54 Å². The second kappa shape index (κ2) is 7.19. The summed E-state index contributed by atoms with van der Waals surface area (Å²) in [5.41, 5.74) is 10.7. The summed E-state index contributed by atoms with van der Waals surface area (Å²) in [6.07, 6.45) is 4.93. The molecule has 1 saturated carbocycles. The Morgan fingerprint density at radius 3 is 1.84 bits per heavy atom. The van der Waals surface area contributed by atoms with Gasteiger partial charge in [0.25, 0.3) is 0 Å². The first-order chi connectivity index (χ1) is 11.7. The summed E-state index contributed by atoms with van der Waals surface area (Å²) < 4.78 is 0. The Bertz CT molecular complexity index is 720. The van der Waals surface area contributed by atoms with E-state index in [1.165, 1.54) is 28.7 Å². The van der Waals surface area contributed by atoms with E-state index in [4.69, 9.17) is 5.73 Å². The molecule has 4 heteroatoms. The molecule has 3 nitrogen and oxygen atoms in total. The molecular formula is C21H25ClN2O. The lowest BCUT2D eigenvalue weighted by Gasteiger charge is -2.36. The molecule has 25 heavy (non-hydrogen) atoms. The molecule has 0 spiro atoms. The van der Waals surface area contributed by atoms with E-state index >= 15 is 0 Å². The quantitative estimate of drug-likeness (QED) is 0.829. The van der Waals surface area contributed by atoms with Crippen LogP contribution in [0, 0.1) is 0 Å². The Balaban J connectivity index is 0.00000182. The zero-order valence-electron chi connectivity index (χ0n) is 14.4. The Morgan fingerprint density at radius 1 is 0.840 bits per heavy atom. The van der Waals surface area contributed by atoms with Gasteiger partial charge < -0.3 is 10.6 Å². The van der Waals surface area contributed by atoms with Gasteiger partial charge in [-0.15, -0.1) is 12.4 Å². The third kappa shape index (κ3) is 3.31. The van der Waals surface area contributed by atoms with E-state index in [0.717, 1.165) is 25.7 Å². The van der Waals surface area contributed by atoms with Crippen molar-refractivity contribution in [3.05, 3.63) is 59.7 Å². The number of nitrogens with zero attached hydrogens (tertiary/aromatic N) is 1. The maximum Gasteiger partial charge on any atom is 0.243 e. The average Bonchev–Trinajstić information content (AvgIpc) is 2.78. The minimum absolute atomic E-state index is 0. The average molecular weight is 357 g/mol. The molecule has 1 aliphatic heterocycles. The van der Waals surface area contributed by atoms with Gasteiger partial charge in [0, 0.05) is 13.1 Å². The minimum atomic E-state index is -0.674. The number of hydrogen-bond donors (Lipinski definition) is 1. The fourth-order valence-corrected chi connectivity index (χ4v) is 4.16. The summed E-state index contributed by atoms with van der Waals surface area (Å²) in [6, 6.07) is 16.8. The zero-order chi connectivity index (χ0) is 16.6. The second-order valence-corrected chi connectivity index (χ2v) is 7.19. The molecule has 2 aliphatic rings. The lowest BCUT2D eigenvalue weighted by molar-refractivity contribution is -0.139. The SMILES string of the molecule is Cl.NC1(C(=O)N2Cc3ccccc3-c3ccccc3C2)CCCCC1. The summed E-state index contributed by atoms with van der Waals surface area (Å²) in [6.45, 7) is 1.28. The number of halogens is 1. The van der Waals surface area contributed by atoms with Crippen LogP contribution in [0.2, 0.25) is 0 Å². The van der Waals surface area contributed by atoms with Crippen molar-refractivity contribution >= 4 is 18.3 Å². The van der Waals surface area contributed by atoms with Crippen molar-refractivity contribution in [2.24, 2.45) is 5.73 Å². The van der Waals surface area contributed by atoms with Gasteiger partial charge >= 0.3 is 0 Å². The lowest BCUT2D eigenvalue weighted by Crippen LogP contribution is -2.55. The summed E-state index contributed by atoms with van der Waals surface area (Å²) in [5, 5.41) is 0. The topological polar surface area (TPSA) is 46.3 Å². The van der Waals surface area contributed by atoms with Gasteiger partial charge in [-0.25, -0.2) is 0 Å². The van der Waals surface area contributed by atoms with Crippen molar-refractivity contribution in [1.29, 1.82) is 0 Å². The summed E-state index contributed by atoms with van der Waals surface area (Å²) in [5.74, 6) is 0.119. The largest absolute Gasteiger partial charge is 0.332 e. The van der Waals surface area contributed by atoms with Crippen LogP contribution in [0.5, 0.6) is 0 Å². The van der Waals surface area contributed by atoms with Crippen molar-refractivity contribution in [2.75, 3.05) is 0 Å². The van der Waals surface area contributed by atoms with Crippen LogP contribution in [0.4, 0.5) is 0 Å². The van der Waals surface area contributed by atoms with E-state index in [2.05, 4.69) is 36.4 Å². The molecule has 1 heterocycles. The number of rotatable bonds is 1. The smallest absolute Gasteiger partial charge is 0.243 e. The first-order valence-electron chi connectivity index (χ1n) is 8.92. The maximum absolute atomic E-state index is 13.2. The van der Waals surface area contributed by atoms with Gasteiger partial charge in [-0.1, -0.05) is 67.8 Å². The van der Waals surface area contributed by atoms with Gasteiger partial charge in [0.2, 0.25) is 5.91 Å². The van der Waals surface area contributed by atoms with Crippen LogP contribution in [0.15, 0.2) is 48.5 Å². The maximum atomic E-state index is 13.2. The minimum Gasteiger partial charge on any atom is -0.332 e. The third-order valence-electron chi connectivity index (χ3n) is 5.51. The number of nitrogens with two attached hydrogens (primary N) is 1. The molecule has 0 aromatic heterocycles. The molecule has 0 bridgehead atoms. The molecule has 2 N–H and O–H groups in total. The summed E-state index contributed by atoms with van der Waals surface area (Å²) in [7, 11) is 0. The number of carbonyl (C=O) groups is 1. The van der Waals surface area contributed by atoms with Crippen LogP contribution in [0.1, 0.15) is 43.2 Å². The van der Waals surface area contributed by atoms with Gasteiger partial charge in [0.1, 0.15) is 0 Å². The number of amides is 1. The van der Waals surface area contributed by atoms with E-state index in [1.54, 1.807) is 0 Å². The van der Waals surface area contributed by atoms with Crippen molar-refractivity contribution in [2.45, 2.75) is 50.7 Å². The predicted molar refractivity (Wildman–Crippen MR) is 103 cm³/mol. The van der Waals surface area contributed by atoms with Gasteiger partial charge in [0.05, 0.1) is 5.54 Å². The van der Waals surface area contributed by atoms with E-state index in [-0.39, 0.29) is 18.3 Å². The molecular weight excluding hydrogens is 332 g/mol. The Hall–Kier alpha value is -1.84. The standard InChI is InChI=1S/C21H24N2O.ClH/c22-21(12-6-1-7-13-21)20(24)23-14-16-8-2-4-10-18(16)19-11-5-3-9-17(19)15-23;/h2-5,8-11H,1,6-7,12-15,22H2;1H. The van der Waals surface area contributed by atoms with Crippen LogP contribution in [0.25, 0.3) is 11.1 Å². The summed E-state index contributed by atoms with van der Waals surface area (Å²) in [4.78, 5) is 15.2. The second-order valence-electron chi connectivity index (χ2n) is 7.19. The molecule has 0 saturated heterocycles. The lowest BCUT2D eigenvalue weighted by atomic mass is 9.81. The molecule has 2 aromatic carbocycles. The van der Waals surface area contributed by atoms with Crippen LogP contribution in [-0.2, 0) is 17.9 Å². The summed E-state index contributed by atoms with van der Waals surface area (Å²) >= 11 is 0. The van der Waals surface area contributed by atoms with E-state index in [1.807, 2.05) is 17.0 Å². The monoisotopic (exact) mass is 356 g/mol. The molecule has 1 amide bonds. The fraction of sp³-hybridized carbons (Fsp3) is 0.381. The molecule has 0 unspecified atom stereocenters. The van der Waals surface area contributed by atoms with E-state index in [0.29, 0.717) is 13.1 Å². The van der Waals surface area contributed by atoms with Crippen molar-refractivity contribution in [1.82, 2.24) is 4.90 Å². The van der Waals surface area contributed by atoms with Crippen LogP contribution in [-0.4, -0.2) is 16.3 Å². The molecule has 1 fully saturated rings. The highest BCUT2D eigenvalue weighted by molar-refractivity contribution is 5.87. The van der Waals surface area contributed by atoms with E-state index in [9.17, 15) is 4.79 Å². The number of fused-ring (bicyclic) bond motifs is 3. The highest BCUT2D eigenvalue weighted by Gasteiger charge is 2.39. The van der Waals surface area contributed by atoms with Gasteiger partial charge in [-0.2, -0.15) is 0 Å². The normalized spacial score (nSPS) is 18.4. The Labute approximate surface area is 155 Å². The van der Waals surface area contributed by atoms with Gasteiger partial charge in [-0.3, -0.25) is 4.79 Å². The van der Waals surface area contributed by atoms with Crippen LogP contribution in [0.3, 0.4) is 0 Å². The van der Waals surface area contributed by atoms with Crippen molar-refractivity contribution in [3.8, 4) is 11.1 Å². The number of hydrogen-bond acceptors (Lipinski definition) is 2. The Kier molecular flexibility index (Phi) is 5.16. The van der Waals surface area contributed by atoms with Crippen molar-refractivity contribution < 1.29 is 4.79 Å². The zero-order valence-corrected chi connectivity index (χ0v) is 15.2. The number of carbonyl (C=O) groups excluding carboxylic acids is 1.